The topological polar surface area (TPSA) is 72.9 Å². The van der Waals surface area contributed by atoms with Gasteiger partial charge in [-0.1, -0.05) is 19.1 Å². The summed E-state index contributed by atoms with van der Waals surface area (Å²) < 4.78 is 1.61. The molecule has 0 atom stereocenters. The molecule has 20 heavy (non-hydrogen) atoms. The summed E-state index contributed by atoms with van der Waals surface area (Å²) in [6.45, 7) is 4.42. The molecule has 5 nitrogen and oxygen atoms in total. The largest absolute Gasteiger partial charge is 0.326 e. The first-order valence-corrected chi connectivity index (χ1v) is 6.69. The summed E-state index contributed by atoms with van der Waals surface area (Å²) in [6.07, 6.45) is 0.808. The zero-order valence-corrected chi connectivity index (χ0v) is 12.1. The second-order valence-corrected chi connectivity index (χ2v) is 4.81. The van der Waals surface area contributed by atoms with E-state index in [1.165, 1.54) is 0 Å². The first-order chi connectivity index (χ1) is 9.55. The van der Waals surface area contributed by atoms with E-state index in [9.17, 15) is 4.79 Å². The number of nitrogens with two attached hydrogens (primary N) is 1. The molecule has 1 aromatic carbocycles. The molecule has 0 aliphatic heterocycles. The zero-order valence-electron chi connectivity index (χ0n) is 12.1. The highest BCUT2D eigenvalue weighted by Gasteiger charge is 2.13. The lowest BCUT2D eigenvalue weighted by atomic mass is 10.1. The van der Waals surface area contributed by atoms with Crippen molar-refractivity contribution >= 4 is 11.6 Å². The van der Waals surface area contributed by atoms with Crippen LogP contribution >= 0.6 is 0 Å². The third-order valence-electron chi connectivity index (χ3n) is 3.31. The molecule has 0 aliphatic carbocycles. The van der Waals surface area contributed by atoms with Gasteiger partial charge >= 0.3 is 0 Å². The average Bonchev–Trinajstić information content (AvgIpc) is 2.82. The van der Waals surface area contributed by atoms with E-state index in [1.54, 1.807) is 11.7 Å². The van der Waals surface area contributed by atoms with Crippen molar-refractivity contribution in [1.82, 2.24) is 9.78 Å². The van der Waals surface area contributed by atoms with Crippen LogP contribution in [0.1, 0.15) is 34.2 Å². The summed E-state index contributed by atoms with van der Waals surface area (Å²) >= 11 is 0. The van der Waals surface area contributed by atoms with Crippen LogP contribution in [0.3, 0.4) is 0 Å². The van der Waals surface area contributed by atoms with Crippen molar-refractivity contribution in [2.45, 2.75) is 26.8 Å². The highest BCUT2D eigenvalue weighted by atomic mass is 16.2. The van der Waals surface area contributed by atoms with Gasteiger partial charge in [-0.25, -0.2) is 0 Å². The van der Waals surface area contributed by atoms with Gasteiger partial charge in [-0.15, -0.1) is 0 Å². The fraction of sp³-hybridized carbons (Fsp3) is 0.333. The van der Waals surface area contributed by atoms with Crippen molar-refractivity contribution in [3.8, 4) is 0 Å². The van der Waals surface area contributed by atoms with E-state index >= 15 is 0 Å². The third kappa shape index (κ3) is 2.88. The van der Waals surface area contributed by atoms with Crippen LogP contribution in [0, 0.1) is 6.92 Å². The molecule has 0 unspecified atom stereocenters. The Morgan fingerprint density at radius 1 is 1.40 bits per heavy atom. The molecule has 2 rings (SSSR count). The van der Waals surface area contributed by atoms with Gasteiger partial charge in [0.2, 0.25) is 0 Å². The van der Waals surface area contributed by atoms with Gasteiger partial charge < -0.3 is 11.1 Å². The molecule has 0 fully saturated rings. The van der Waals surface area contributed by atoms with Crippen molar-refractivity contribution in [1.29, 1.82) is 0 Å². The Kier molecular flexibility index (Phi) is 4.20. The number of carbonyl (C=O) groups is 1. The lowest BCUT2D eigenvalue weighted by Gasteiger charge is -2.10. The fourth-order valence-electron chi connectivity index (χ4n) is 2.03. The number of nitrogens with zero attached hydrogens (tertiary/aromatic N) is 2. The molecule has 0 spiro atoms. The number of anilines is 1. The summed E-state index contributed by atoms with van der Waals surface area (Å²) in [5.41, 5.74) is 9.88. The van der Waals surface area contributed by atoms with Gasteiger partial charge in [-0.3, -0.25) is 9.48 Å². The number of hydrogen-bond donors (Lipinski definition) is 2. The van der Waals surface area contributed by atoms with E-state index in [-0.39, 0.29) is 5.91 Å². The van der Waals surface area contributed by atoms with Crippen LogP contribution in [0.5, 0.6) is 0 Å². The molecule has 1 amide bonds. The van der Waals surface area contributed by atoms with Gasteiger partial charge in [0, 0.05) is 19.3 Å². The zero-order chi connectivity index (χ0) is 14.7. The number of hydrogen-bond acceptors (Lipinski definition) is 3. The van der Waals surface area contributed by atoms with E-state index in [2.05, 4.69) is 10.4 Å². The van der Waals surface area contributed by atoms with Crippen molar-refractivity contribution in [2.75, 3.05) is 5.32 Å². The maximum absolute atomic E-state index is 12.3. The molecule has 0 aliphatic rings. The molecule has 5 heteroatoms. The summed E-state index contributed by atoms with van der Waals surface area (Å²) in [5, 5.41) is 7.21. The van der Waals surface area contributed by atoms with Crippen LogP contribution in [-0.2, 0) is 20.0 Å². The normalized spacial score (nSPS) is 10.6. The van der Waals surface area contributed by atoms with Crippen LogP contribution in [-0.4, -0.2) is 15.7 Å². The van der Waals surface area contributed by atoms with Crippen molar-refractivity contribution in [2.24, 2.45) is 12.8 Å². The molecular formula is C15H20N4O. The molecule has 1 heterocycles. The molecule has 1 aromatic heterocycles. The van der Waals surface area contributed by atoms with E-state index in [4.69, 9.17) is 5.73 Å². The van der Waals surface area contributed by atoms with E-state index < -0.39 is 0 Å². The molecular weight excluding hydrogens is 252 g/mol. The van der Waals surface area contributed by atoms with Gasteiger partial charge in [-0.2, -0.15) is 5.10 Å². The van der Waals surface area contributed by atoms with Gasteiger partial charge in [0.15, 0.2) is 0 Å². The van der Waals surface area contributed by atoms with Gasteiger partial charge in [0.1, 0.15) is 5.69 Å². The number of aryl methyl sites for hydroxylation is 3. The summed E-state index contributed by atoms with van der Waals surface area (Å²) in [5.74, 6) is -0.156. The maximum atomic E-state index is 12.3. The summed E-state index contributed by atoms with van der Waals surface area (Å²) in [4.78, 5) is 12.3. The second-order valence-electron chi connectivity index (χ2n) is 4.81. The highest BCUT2D eigenvalue weighted by Crippen LogP contribution is 2.18. The molecule has 0 saturated heterocycles. The number of aromatic nitrogens is 2. The fourth-order valence-corrected chi connectivity index (χ4v) is 2.03. The third-order valence-corrected chi connectivity index (χ3v) is 3.31. The molecule has 0 radical (unpaired) electrons. The molecule has 106 valence electrons. The standard InChI is InChI=1S/C15H20N4O/c1-4-12-8-14(19(3)18-12)15(20)17-13-7-11(9-16)6-5-10(13)2/h5-8H,4,9,16H2,1-3H3,(H,17,20). The average molecular weight is 272 g/mol. The Morgan fingerprint density at radius 2 is 2.15 bits per heavy atom. The molecule has 2 aromatic rings. The Labute approximate surface area is 118 Å². The van der Waals surface area contributed by atoms with E-state index in [0.29, 0.717) is 12.2 Å². The Bertz CT molecular complexity index is 631. The van der Waals surface area contributed by atoms with Crippen LogP contribution in [0.4, 0.5) is 5.69 Å². The van der Waals surface area contributed by atoms with Crippen LogP contribution in [0.2, 0.25) is 0 Å². The first kappa shape index (κ1) is 14.3. The van der Waals surface area contributed by atoms with Crippen molar-refractivity contribution < 1.29 is 4.79 Å². The van der Waals surface area contributed by atoms with E-state index in [0.717, 1.165) is 28.9 Å². The van der Waals surface area contributed by atoms with Crippen molar-refractivity contribution in [3.05, 3.63) is 46.8 Å². The Hall–Kier alpha value is -2.14. The first-order valence-electron chi connectivity index (χ1n) is 6.69. The lowest BCUT2D eigenvalue weighted by Crippen LogP contribution is -2.17. The number of rotatable bonds is 4. The minimum atomic E-state index is -0.156. The van der Waals surface area contributed by atoms with Gasteiger partial charge in [0.05, 0.1) is 5.69 Å². The minimum absolute atomic E-state index is 0.156. The SMILES string of the molecule is CCc1cc(C(=O)Nc2cc(CN)ccc2C)n(C)n1. The predicted molar refractivity (Wildman–Crippen MR) is 79.6 cm³/mol. The lowest BCUT2D eigenvalue weighted by molar-refractivity contribution is 0.101. The summed E-state index contributed by atoms with van der Waals surface area (Å²) in [7, 11) is 1.78. The second kappa shape index (κ2) is 5.88. The quantitative estimate of drug-likeness (QED) is 0.894. The Balaban J connectivity index is 2.25. The maximum Gasteiger partial charge on any atom is 0.273 e. The predicted octanol–water partition coefficient (Wildman–Crippen LogP) is 2.00. The van der Waals surface area contributed by atoms with Crippen molar-refractivity contribution in [3.63, 3.8) is 0 Å². The molecule has 0 bridgehead atoms. The molecule has 0 saturated carbocycles. The molecule has 3 N–H and O–H groups in total. The summed E-state index contributed by atoms with van der Waals surface area (Å²) in [6, 6.07) is 7.64. The number of benzene rings is 1. The van der Waals surface area contributed by atoms with Crippen LogP contribution in [0.15, 0.2) is 24.3 Å². The monoisotopic (exact) mass is 272 g/mol. The number of nitrogens with one attached hydrogen (secondary N) is 1. The van der Waals surface area contributed by atoms with Crippen LogP contribution < -0.4 is 11.1 Å². The highest BCUT2D eigenvalue weighted by molar-refractivity contribution is 6.03. The minimum Gasteiger partial charge on any atom is -0.326 e. The number of amides is 1. The Morgan fingerprint density at radius 3 is 2.75 bits per heavy atom. The van der Waals surface area contributed by atoms with Gasteiger partial charge in [0.25, 0.3) is 5.91 Å². The van der Waals surface area contributed by atoms with Gasteiger partial charge in [-0.05, 0) is 36.6 Å². The number of carbonyl (C=O) groups excluding carboxylic acids is 1. The van der Waals surface area contributed by atoms with E-state index in [1.807, 2.05) is 38.1 Å². The van der Waals surface area contributed by atoms with Crippen LogP contribution in [0.25, 0.3) is 0 Å². The smallest absolute Gasteiger partial charge is 0.273 e.